The van der Waals surface area contributed by atoms with Crippen molar-refractivity contribution < 1.29 is 9.47 Å². The third-order valence-electron chi connectivity index (χ3n) is 5.08. The number of hydrogen-bond acceptors (Lipinski definition) is 3. The highest BCUT2D eigenvalue weighted by Gasteiger charge is 2.50. The molecule has 3 nitrogen and oxygen atoms in total. The summed E-state index contributed by atoms with van der Waals surface area (Å²) in [5, 5.41) is 0. The number of para-hydroxylation sites is 1. The number of benzene rings is 1. The van der Waals surface area contributed by atoms with Gasteiger partial charge < -0.3 is 15.2 Å². The molecule has 3 atom stereocenters. The molecule has 116 valence electrons. The summed E-state index contributed by atoms with van der Waals surface area (Å²) in [5.41, 5.74) is 7.73. The van der Waals surface area contributed by atoms with Crippen molar-refractivity contribution in [2.24, 2.45) is 11.7 Å². The van der Waals surface area contributed by atoms with Crippen LogP contribution in [0.5, 0.6) is 5.75 Å². The van der Waals surface area contributed by atoms with Crippen molar-refractivity contribution >= 4 is 0 Å². The van der Waals surface area contributed by atoms with Gasteiger partial charge in [0.2, 0.25) is 0 Å². The molecule has 0 amide bonds. The maximum absolute atomic E-state index is 6.73. The summed E-state index contributed by atoms with van der Waals surface area (Å²) in [5.74, 6) is 1.72. The van der Waals surface area contributed by atoms with Crippen LogP contribution in [0, 0.1) is 5.92 Å². The molecule has 1 saturated heterocycles. The van der Waals surface area contributed by atoms with Crippen molar-refractivity contribution in [3.63, 3.8) is 0 Å². The van der Waals surface area contributed by atoms with E-state index in [2.05, 4.69) is 45.9 Å². The van der Waals surface area contributed by atoms with Crippen LogP contribution in [0.15, 0.2) is 24.3 Å². The van der Waals surface area contributed by atoms with Gasteiger partial charge in [0, 0.05) is 17.9 Å². The van der Waals surface area contributed by atoms with Gasteiger partial charge in [0.15, 0.2) is 0 Å². The summed E-state index contributed by atoms with van der Waals surface area (Å²) in [6.45, 7) is 9.45. The van der Waals surface area contributed by atoms with E-state index in [1.807, 2.05) is 6.07 Å². The first-order valence-electron chi connectivity index (χ1n) is 7.98. The molecule has 2 N–H and O–H groups in total. The molecule has 0 aromatic heterocycles. The van der Waals surface area contributed by atoms with E-state index in [1.165, 1.54) is 5.56 Å². The van der Waals surface area contributed by atoms with Gasteiger partial charge in [0.25, 0.3) is 0 Å². The Hall–Kier alpha value is -1.06. The summed E-state index contributed by atoms with van der Waals surface area (Å²) < 4.78 is 12.0. The van der Waals surface area contributed by atoms with Crippen molar-refractivity contribution in [1.82, 2.24) is 0 Å². The Morgan fingerprint density at radius 1 is 1.19 bits per heavy atom. The van der Waals surface area contributed by atoms with Crippen LogP contribution in [0.2, 0.25) is 0 Å². The summed E-state index contributed by atoms with van der Waals surface area (Å²) in [6.07, 6.45) is 2.01. The highest BCUT2D eigenvalue weighted by molar-refractivity contribution is 5.39. The van der Waals surface area contributed by atoms with Gasteiger partial charge in [0.1, 0.15) is 5.75 Å². The Kier molecular flexibility index (Phi) is 3.53. The van der Waals surface area contributed by atoms with Crippen molar-refractivity contribution in [1.29, 1.82) is 0 Å². The SMILES string of the molecule is CC1(C)CC(C(N)C2CCOc3ccccc32)C(C)(C)O1. The number of rotatable bonds is 2. The molecular formula is C18H27NO2. The van der Waals surface area contributed by atoms with Crippen LogP contribution in [-0.2, 0) is 4.74 Å². The molecule has 1 aromatic rings. The van der Waals surface area contributed by atoms with Gasteiger partial charge >= 0.3 is 0 Å². The first-order chi connectivity index (χ1) is 9.80. The molecule has 1 fully saturated rings. The quantitative estimate of drug-likeness (QED) is 0.906. The van der Waals surface area contributed by atoms with Crippen LogP contribution in [0.1, 0.15) is 52.0 Å². The number of hydrogen-bond donors (Lipinski definition) is 1. The predicted octanol–water partition coefficient (Wildman–Crippen LogP) is 3.47. The van der Waals surface area contributed by atoms with E-state index >= 15 is 0 Å². The van der Waals surface area contributed by atoms with Crippen molar-refractivity contribution in [3.8, 4) is 5.75 Å². The van der Waals surface area contributed by atoms with Gasteiger partial charge in [-0.1, -0.05) is 18.2 Å². The zero-order valence-electron chi connectivity index (χ0n) is 13.6. The number of ether oxygens (including phenoxy) is 2. The molecule has 2 aliphatic rings. The predicted molar refractivity (Wildman–Crippen MR) is 84.6 cm³/mol. The molecule has 0 aliphatic carbocycles. The summed E-state index contributed by atoms with van der Waals surface area (Å²) >= 11 is 0. The Bertz CT molecular complexity index is 524. The zero-order valence-corrected chi connectivity index (χ0v) is 13.6. The van der Waals surface area contributed by atoms with E-state index in [-0.39, 0.29) is 17.2 Å². The van der Waals surface area contributed by atoms with Gasteiger partial charge in [0.05, 0.1) is 17.8 Å². The number of fused-ring (bicyclic) bond motifs is 1. The average molecular weight is 289 g/mol. The first-order valence-corrected chi connectivity index (χ1v) is 7.98. The van der Waals surface area contributed by atoms with Crippen molar-refractivity contribution in [3.05, 3.63) is 29.8 Å². The first kappa shape index (κ1) is 14.9. The van der Waals surface area contributed by atoms with E-state index in [4.69, 9.17) is 15.2 Å². The smallest absolute Gasteiger partial charge is 0.122 e. The van der Waals surface area contributed by atoms with Crippen LogP contribution < -0.4 is 10.5 Å². The molecule has 0 saturated carbocycles. The Balaban J connectivity index is 1.88. The van der Waals surface area contributed by atoms with Gasteiger partial charge in [-0.05, 0) is 52.2 Å². The molecular weight excluding hydrogens is 262 g/mol. The monoisotopic (exact) mass is 289 g/mol. The van der Waals surface area contributed by atoms with E-state index < -0.39 is 0 Å². The van der Waals surface area contributed by atoms with E-state index in [0.717, 1.165) is 25.2 Å². The van der Waals surface area contributed by atoms with E-state index in [1.54, 1.807) is 0 Å². The highest BCUT2D eigenvalue weighted by atomic mass is 16.5. The fourth-order valence-corrected chi connectivity index (χ4v) is 4.25. The van der Waals surface area contributed by atoms with E-state index in [9.17, 15) is 0 Å². The Morgan fingerprint density at radius 3 is 2.57 bits per heavy atom. The van der Waals surface area contributed by atoms with Crippen LogP contribution in [0.25, 0.3) is 0 Å². The topological polar surface area (TPSA) is 44.5 Å². The molecule has 3 heteroatoms. The standard InChI is InChI=1S/C18H27NO2/c1-17(2)11-14(18(3,4)21-17)16(19)13-9-10-20-15-8-6-5-7-12(13)15/h5-8,13-14,16H,9-11,19H2,1-4H3. The highest BCUT2D eigenvalue weighted by Crippen LogP contribution is 2.47. The fourth-order valence-electron chi connectivity index (χ4n) is 4.25. The Morgan fingerprint density at radius 2 is 1.90 bits per heavy atom. The largest absolute Gasteiger partial charge is 0.493 e. The summed E-state index contributed by atoms with van der Waals surface area (Å²) in [7, 11) is 0. The minimum Gasteiger partial charge on any atom is -0.493 e. The molecule has 3 unspecified atom stereocenters. The second-order valence-corrected chi connectivity index (χ2v) is 7.63. The molecule has 0 radical (unpaired) electrons. The number of nitrogens with two attached hydrogens (primary N) is 1. The lowest BCUT2D eigenvalue weighted by molar-refractivity contribution is -0.0775. The van der Waals surface area contributed by atoms with E-state index in [0.29, 0.717) is 11.8 Å². The maximum Gasteiger partial charge on any atom is 0.122 e. The molecule has 0 spiro atoms. The normalized spacial score (nSPS) is 31.3. The lowest BCUT2D eigenvalue weighted by Gasteiger charge is -2.37. The van der Waals surface area contributed by atoms with Gasteiger partial charge in [-0.15, -0.1) is 0 Å². The third kappa shape index (κ3) is 2.69. The van der Waals surface area contributed by atoms with Crippen LogP contribution >= 0.6 is 0 Å². The summed E-state index contributed by atoms with van der Waals surface area (Å²) in [4.78, 5) is 0. The molecule has 21 heavy (non-hydrogen) atoms. The maximum atomic E-state index is 6.73. The second-order valence-electron chi connectivity index (χ2n) is 7.63. The molecule has 2 heterocycles. The molecule has 0 bridgehead atoms. The van der Waals surface area contributed by atoms with Crippen molar-refractivity contribution in [2.75, 3.05) is 6.61 Å². The van der Waals surface area contributed by atoms with Gasteiger partial charge in [-0.2, -0.15) is 0 Å². The molecule has 3 rings (SSSR count). The lowest BCUT2D eigenvalue weighted by atomic mass is 9.73. The molecule has 2 aliphatic heterocycles. The lowest BCUT2D eigenvalue weighted by Crippen LogP contribution is -2.45. The Labute approximate surface area is 127 Å². The minimum atomic E-state index is -0.170. The van der Waals surface area contributed by atoms with Gasteiger partial charge in [-0.3, -0.25) is 0 Å². The summed E-state index contributed by atoms with van der Waals surface area (Å²) in [6, 6.07) is 8.42. The van der Waals surface area contributed by atoms with Crippen LogP contribution in [0.4, 0.5) is 0 Å². The van der Waals surface area contributed by atoms with Crippen molar-refractivity contribution in [2.45, 2.75) is 63.7 Å². The average Bonchev–Trinajstić information content (AvgIpc) is 2.65. The minimum absolute atomic E-state index is 0.0868. The van der Waals surface area contributed by atoms with Crippen LogP contribution in [0.3, 0.4) is 0 Å². The third-order valence-corrected chi connectivity index (χ3v) is 5.08. The van der Waals surface area contributed by atoms with Crippen LogP contribution in [-0.4, -0.2) is 23.9 Å². The zero-order chi connectivity index (χ0) is 15.3. The molecule has 1 aromatic carbocycles. The van der Waals surface area contributed by atoms with Gasteiger partial charge in [-0.25, -0.2) is 0 Å². The fraction of sp³-hybridized carbons (Fsp3) is 0.667. The second kappa shape index (κ2) is 4.99.